The maximum atomic E-state index is 12.4. The van der Waals surface area contributed by atoms with E-state index in [0.29, 0.717) is 11.4 Å². The lowest BCUT2D eigenvalue weighted by Gasteiger charge is -2.21. The highest BCUT2D eigenvalue weighted by molar-refractivity contribution is 7.89. The quantitative estimate of drug-likeness (QED) is 0.694. The number of carbonyl (C=O) groups excluding carboxylic acids is 2. The third-order valence-electron chi connectivity index (χ3n) is 4.03. The normalized spacial score (nSPS) is 11.5. The molecule has 0 aliphatic rings. The van der Waals surface area contributed by atoms with Gasteiger partial charge in [-0.1, -0.05) is 6.07 Å². The molecule has 2 amide bonds. The molecule has 0 fully saturated rings. The van der Waals surface area contributed by atoms with Crippen LogP contribution >= 0.6 is 0 Å². The Labute approximate surface area is 164 Å². The number of primary amides is 1. The van der Waals surface area contributed by atoms with Gasteiger partial charge in [0.25, 0.3) is 5.91 Å². The van der Waals surface area contributed by atoms with Crippen molar-refractivity contribution in [2.45, 2.75) is 24.8 Å². The Morgan fingerprint density at radius 3 is 2.36 bits per heavy atom. The predicted molar refractivity (Wildman–Crippen MR) is 106 cm³/mol. The van der Waals surface area contributed by atoms with Gasteiger partial charge in [-0.05, 0) is 56.3 Å². The van der Waals surface area contributed by atoms with Crippen molar-refractivity contribution in [2.24, 2.45) is 5.73 Å². The van der Waals surface area contributed by atoms with Gasteiger partial charge in [-0.15, -0.1) is 0 Å². The maximum absolute atomic E-state index is 12.4. The molecular weight excluding hydrogens is 382 g/mol. The van der Waals surface area contributed by atoms with Crippen LogP contribution in [0, 0.1) is 0 Å². The molecule has 9 heteroatoms. The number of nitrogens with one attached hydrogen (secondary N) is 1. The minimum Gasteiger partial charge on any atom is -0.484 e. The molecule has 3 N–H and O–H groups in total. The molecule has 150 valence electrons. The fourth-order valence-corrected chi connectivity index (χ4v) is 3.61. The Hall–Kier alpha value is -2.91. The lowest BCUT2D eigenvalue weighted by atomic mass is 10.2. The summed E-state index contributed by atoms with van der Waals surface area (Å²) in [5, 5.41) is 2.62. The van der Waals surface area contributed by atoms with E-state index in [-0.39, 0.29) is 23.1 Å². The Morgan fingerprint density at radius 1 is 1.14 bits per heavy atom. The molecule has 0 saturated heterocycles. The van der Waals surface area contributed by atoms with E-state index < -0.39 is 21.8 Å². The monoisotopic (exact) mass is 405 g/mol. The lowest BCUT2D eigenvalue weighted by Crippen LogP contribution is -2.33. The van der Waals surface area contributed by atoms with Crippen molar-refractivity contribution in [3.05, 3.63) is 54.1 Å². The molecular formula is C19H23N3O5S. The zero-order valence-corrected chi connectivity index (χ0v) is 16.7. The Bertz CT molecular complexity index is 956. The van der Waals surface area contributed by atoms with Gasteiger partial charge in [0.15, 0.2) is 6.61 Å². The molecule has 8 nitrogen and oxygen atoms in total. The second-order valence-corrected chi connectivity index (χ2v) is 8.37. The zero-order valence-electron chi connectivity index (χ0n) is 15.9. The lowest BCUT2D eigenvalue weighted by molar-refractivity contribution is -0.118. The van der Waals surface area contributed by atoms with Gasteiger partial charge in [-0.25, -0.2) is 8.42 Å². The van der Waals surface area contributed by atoms with Gasteiger partial charge in [0.2, 0.25) is 15.9 Å². The van der Waals surface area contributed by atoms with Crippen LogP contribution in [0.25, 0.3) is 0 Å². The molecule has 0 radical (unpaired) electrons. The molecule has 0 bridgehead atoms. The zero-order chi connectivity index (χ0) is 20.9. The second kappa shape index (κ2) is 8.85. The third-order valence-corrected chi connectivity index (χ3v) is 6.08. The average molecular weight is 405 g/mol. The summed E-state index contributed by atoms with van der Waals surface area (Å²) in [6.07, 6.45) is 0. The number of sulfonamides is 1. The summed E-state index contributed by atoms with van der Waals surface area (Å²) in [6, 6.07) is 11.9. The van der Waals surface area contributed by atoms with Gasteiger partial charge in [0.1, 0.15) is 5.75 Å². The Balaban J connectivity index is 1.98. The van der Waals surface area contributed by atoms with Crippen molar-refractivity contribution in [2.75, 3.05) is 19.0 Å². The summed E-state index contributed by atoms with van der Waals surface area (Å²) in [5.41, 5.74) is 5.91. The first-order valence-electron chi connectivity index (χ1n) is 8.52. The van der Waals surface area contributed by atoms with Crippen molar-refractivity contribution >= 4 is 27.5 Å². The molecule has 0 spiro atoms. The SMILES string of the molecule is CC(C)N(C)S(=O)(=O)c1ccc(NC(=O)COc2cccc(C(N)=O)c2)cc1. The van der Waals surface area contributed by atoms with Crippen LogP contribution in [0.3, 0.4) is 0 Å². The number of benzene rings is 2. The van der Waals surface area contributed by atoms with Crippen molar-refractivity contribution < 1.29 is 22.7 Å². The molecule has 0 unspecified atom stereocenters. The minimum atomic E-state index is -3.58. The molecule has 0 saturated carbocycles. The van der Waals surface area contributed by atoms with E-state index in [9.17, 15) is 18.0 Å². The first-order chi connectivity index (χ1) is 13.1. The molecule has 28 heavy (non-hydrogen) atoms. The van der Waals surface area contributed by atoms with E-state index in [2.05, 4.69) is 5.32 Å². The van der Waals surface area contributed by atoms with E-state index in [1.807, 2.05) is 0 Å². The first kappa shape index (κ1) is 21.4. The van der Waals surface area contributed by atoms with Crippen molar-refractivity contribution in [3.8, 4) is 5.75 Å². The highest BCUT2D eigenvalue weighted by Gasteiger charge is 2.22. The average Bonchev–Trinajstić information content (AvgIpc) is 2.66. The van der Waals surface area contributed by atoms with Crippen LogP contribution in [0.15, 0.2) is 53.4 Å². The van der Waals surface area contributed by atoms with Gasteiger partial charge < -0.3 is 15.8 Å². The summed E-state index contributed by atoms with van der Waals surface area (Å²) in [5.74, 6) is -0.683. The van der Waals surface area contributed by atoms with Gasteiger partial charge in [-0.3, -0.25) is 9.59 Å². The van der Waals surface area contributed by atoms with E-state index >= 15 is 0 Å². The van der Waals surface area contributed by atoms with Crippen LogP contribution in [0.5, 0.6) is 5.75 Å². The van der Waals surface area contributed by atoms with Gasteiger partial charge in [-0.2, -0.15) is 4.31 Å². The fourth-order valence-electron chi connectivity index (χ4n) is 2.24. The number of hydrogen-bond donors (Lipinski definition) is 2. The number of hydrogen-bond acceptors (Lipinski definition) is 5. The molecule has 0 heterocycles. The minimum absolute atomic E-state index is 0.140. The molecule has 2 rings (SSSR count). The molecule has 0 aliphatic heterocycles. The summed E-state index contributed by atoms with van der Waals surface area (Å²) >= 11 is 0. The Kier molecular flexibility index (Phi) is 6.76. The van der Waals surface area contributed by atoms with E-state index in [0.717, 1.165) is 0 Å². The number of amides is 2. The van der Waals surface area contributed by atoms with Crippen LogP contribution in [0.4, 0.5) is 5.69 Å². The molecule has 2 aromatic carbocycles. The Morgan fingerprint density at radius 2 is 1.79 bits per heavy atom. The van der Waals surface area contributed by atoms with E-state index in [1.54, 1.807) is 32.0 Å². The summed E-state index contributed by atoms with van der Waals surface area (Å²) in [6.45, 7) is 3.29. The number of ether oxygens (including phenoxy) is 1. The number of anilines is 1. The number of nitrogens with zero attached hydrogens (tertiary/aromatic N) is 1. The van der Waals surface area contributed by atoms with Gasteiger partial charge >= 0.3 is 0 Å². The molecule has 0 atom stereocenters. The number of nitrogens with two attached hydrogens (primary N) is 1. The predicted octanol–water partition coefficient (Wildman–Crippen LogP) is 1.83. The molecule has 0 aliphatic carbocycles. The van der Waals surface area contributed by atoms with E-state index in [1.165, 1.54) is 41.7 Å². The highest BCUT2D eigenvalue weighted by atomic mass is 32.2. The third kappa shape index (κ3) is 5.30. The molecule has 0 aromatic heterocycles. The van der Waals surface area contributed by atoms with Crippen molar-refractivity contribution in [1.29, 1.82) is 0 Å². The smallest absolute Gasteiger partial charge is 0.262 e. The maximum Gasteiger partial charge on any atom is 0.262 e. The van der Waals surface area contributed by atoms with Gasteiger partial charge in [0, 0.05) is 24.3 Å². The van der Waals surface area contributed by atoms with Crippen LogP contribution in [-0.4, -0.2) is 44.2 Å². The van der Waals surface area contributed by atoms with Crippen molar-refractivity contribution in [1.82, 2.24) is 4.31 Å². The van der Waals surface area contributed by atoms with Crippen molar-refractivity contribution in [3.63, 3.8) is 0 Å². The van der Waals surface area contributed by atoms with Crippen LogP contribution in [-0.2, 0) is 14.8 Å². The van der Waals surface area contributed by atoms with E-state index in [4.69, 9.17) is 10.5 Å². The largest absolute Gasteiger partial charge is 0.484 e. The highest BCUT2D eigenvalue weighted by Crippen LogP contribution is 2.19. The number of rotatable bonds is 8. The summed E-state index contributed by atoms with van der Waals surface area (Å²) < 4.78 is 31.5. The van der Waals surface area contributed by atoms with Crippen LogP contribution < -0.4 is 15.8 Å². The summed E-state index contributed by atoms with van der Waals surface area (Å²) in [4.78, 5) is 23.3. The second-order valence-electron chi connectivity index (χ2n) is 6.37. The fraction of sp³-hybridized carbons (Fsp3) is 0.263. The molecule has 2 aromatic rings. The van der Waals surface area contributed by atoms with Crippen LogP contribution in [0.1, 0.15) is 24.2 Å². The standard InChI is InChI=1S/C19H23N3O5S/c1-13(2)22(3)28(25,26)17-9-7-15(8-10-17)21-18(23)12-27-16-6-4-5-14(11-16)19(20)24/h4-11,13H,12H2,1-3H3,(H2,20,24)(H,21,23). The number of carbonyl (C=O) groups is 2. The van der Waals surface area contributed by atoms with Gasteiger partial charge in [0.05, 0.1) is 4.90 Å². The topological polar surface area (TPSA) is 119 Å². The summed E-state index contributed by atoms with van der Waals surface area (Å²) in [7, 11) is -2.07. The first-order valence-corrected chi connectivity index (χ1v) is 9.96. The van der Waals surface area contributed by atoms with Crippen LogP contribution in [0.2, 0.25) is 0 Å².